The fourth-order valence-corrected chi connectivity index (χ4v) is 3.29. The minimum atomic E-state index is -1.85. The van der Waals surface area contributed by atoms with Crippen LogP contribution in [0.1, 0.15) is 27.9 Å². The summed E-state index contributed by atoms with van der Waals surface area (Å²) in [5.41, 5.74) is 1.49. The van der Waals surface area contributed by atoms with E-state index in [1.807, 2.05) is 30.3 Å². The molecule has 4 rings (SSSR count). The van der Waals surface area contributed by atoms with Crippen molar-refractivity contribution in [2.24, 2.45) is 0 Å². The molecular formula is C23H20O6. The van der Waals surface area contributed by atoms with Gasteiger partial charge in [0.1, 0.15) is 35.2 Å². The molecule has 0 aliphatic carbocycles. The lowest BCUT2D eigenvalue weighted by atomic mass is 9.92. The maximum atomic E-state index is 12.6. The Morgan fingerprint density at radius 2 is 1.76 bits per heavy atom. The van der Waals surface area contributed by atoms with Crippen molar-refractivity contribution < 1.29 is 29.2 Å². The molecule has 0 saturated heterocycles. The molecule has 6 nitrogen and oxygen atoms in total. The number of fused-ring (bicyclic) bond motifs is 1. The number of hydrogen-bond donors (Lipinski definition) is 2. The molecule has 0 spiro atoms. The molecule has 1 aliphatic rings. The van der Waals surface area contributed by atoms with E-state index in [1.54, 1.807) is 24.3 Å². The molecule has 29 heavy (non-hydrogen) atoms. The lowest BCUT2D eigenvalue weighted by Crippen LogP contribution is -2.39. The number of rotatable bonds is 5. The Kier molecular flexibility index (Phi) is 4.86. The van der Waals surface area contributed by atoms with E-state index in [0.717, 1.165) is 5.56 Å². The first-order chi connectivity index (χ1) is 14.0. The summed E-state index contributed by atoms with van der Waals surface area (Å²) < 4.78 is 16.6. The smallest absolute Gasteiger partial charge is 0.242 e. The van der Waals surface area contributed by atoms with Crippen LogP contribution in [0.4, 0.5) is 0 Å². The molecule has 3 aromatic rings. The second-order valence-corrected chi connectivity index (χ2v) is 6.80. The van der Waals surface area contributed by atoms with Gasteiger partial charge in [-0.25, -0.2) is 0 Å². The average Bonchev–Trinajstić information content (AvgIpc) is 2.72. The number of carbonyl (C=O) groups is 1. The van der Waals surface area contributed by atoms with Crippen molar-refractivity contribution in [2.75, 3.05) is 7.11 Å². The minimum absolute atomic E-state index is 0.0401. The van der Waals surface area contributed by atoms with Gasteiger partial charge >= 0.3 is 0 Å². The second-order valence-electron chi connectivity index (χ2n) is 6.80. The summed E-state index contributed by atoms with van der Waals surface area (Å²) in [5, 5.41) is 21.1. The van der Waals surface area contributed by atoms with Crippen LogP contribution in [0, 0.1) is 0 Å². The molecule has 3 aromatic carbocycles. The first-order valence-corrected chi connectivity index (χ1v) is 9.11. The Hall–Kier alpha value is -3.51. The van der Waals surface area contributed by atoms with Gasteiger partial charge in [-0.1, -0.05) is 30.3 Å². The van der Waals surface area contributed by atoms with E-state index in [2.05, 4.69) is 0 Å². The van der Waals surface area contributed by atoms with Crippen LogP contribution in [0.15, 0.2) is 66.7 Å². The van der Waals surface area contributed by atoms with Gasteiger partial charge in [-0.2, -0.15) is 0 Å². The molecule has 6 heteroatoms. The molecule has 148 valence electrons. The molecule has 2 N–H and O–H groups in total. The van der Waals surface area contributed by atoms with E-state index in [9.17, 15) is 15.0 Å². The van der Waals surface area contributed by atoms with Crippen LogP contribution in [0.25, 0.3) is 0 Å². The highest BCUT2D eigenvalue weighted by molar-refractivity contribution is 6.03. The standard InChI is InChI=1S/C23H20O6/c1-27-18-11-19(24)22-20(25)13-23(26,29-21(22)12-18)16-7-9-17(10-8-16)28-14-15-5-3-2-4-6-15/h2-12,24,26H,13-14H2,1H3. The lowest BCUT2D eigenvalue weighted by molar-refractivity contribution is -0.147. The van der Waals surface area contributed by atoms with Crippen molar-refractivity contribution in [3.8, 4) is 23.0 Å². The Balaban J connectivity index is 1.55. The predicted octanol–water partition coefficient (Wildman–Crippen LogP) is 3.79. The summed E-state index contributed by atoms with van der Waals surface area (Å²) in [4.78, 5) is 12.6. The van der Waals surface area contributed by atoms with Crippen LogP contribution >= 0.6 is 0 Å². The molecule has 0 amide bonds. The van der Waals surface area contributed by atoms with Gasteiger partial charge in [0.2, 0.25) is 5.79 Å². The van der Waals surface area contributed by atoms with Gasteiger partial charge in [0, 0.05) is 17.7 Å². The number of phenolic OH excluding ortho intramolecular Hbond substituents is 1. The molecule has 0 aromatic heterocycles. The normalized spacial score (nSPS) is 17.9. The van der Waals surface area contributed by atoms with Crippen LogP contribution in [0.5, 0.6) is 23.0 Å². The Bertz CT molecular complexity index is 1030. The van der Waals surface area contributed by atoms with Crippen molar-refractivity contribution in [2.45, 2.75) is 18.8 Å². The number of benzene rings is 3. The number of carbonyl (C=O) groups excluding carboxylic acids is 1. The fraction of sp³-hybridized carbons (Fsp3) is 0.174. The van der Waals surface area contributed by atoms with Crippen molar-refractivity contribution in [1.29, 1.82) is 0 Å². The van der Waals surface area contributed by atoms with Gasteiger partial charge < -0.3 is 24.4 Å². The maximum Gasteiger partial charge on any atom is 0.242 e. The highest BCUT2D eigenvalue weighted by Gasteiger charge is 2.42. The highest BCUT2D eigenvalue weighted by Crippen LogP contribution is 2.43. The number of hydrogen-bond acceptors (Lipinski definition) is 6. The Morgan fingerprint density at radius 3 is 2.45 bits per heavy atom. The number of aliphatic hydroxyl groups is 1. The van der Waals surface area contributed by atoms with E-state index < -0.39 is 11.6 Å². The number of aromatic hydroxyl groups is 1. The fourth-order valence-electron chi connectivity index (χ4n) is 3.29. The van der Waals surface area contributed by atoms with Crippen LogP contribution in [-0.2, 0) is 12.4 Å². The van der Waals surface area contributed by atoms with Gasteiger partial charge in [-0.3, -0.25) is 4.79 Å². The number of methoxy groups -OCH3 is 1. The monoisotopic (exact) mass is 392 g/mol. The molecule has 0 bridgehead atoms. The zero-order valence-electron chi connectivity index (χ0n) is 15.8. The van der Waals surface area contributed by atoms with Crippen LogP contribution in [0.3, 0.4) is 0 Å². The first kappa shape index (κ1) is 18.8. The van der Waals surface area contributed by atoms with Crippen LogP contribution < -0.4 is 14.2 Å². The van der Waals surface area contributed by atoms with Crippen molar-refractivity contribution in [1.82, 2.24) is 0 Å². The van der Waals surface area contributed by atoms with E-state index in [4.69, 9.17) is 14.2 Å². The third kappa shape index (κ3) is 3.75. The molecule has 1 atom stereocenters. The van der Waals surface area contributed by atoms with Gasteiger partial charge in [0.25, 0.3) is 0 Å². The van der Waals surface area contributed by atoms with Gasteiger partial charge in [-0.15, -0.1) is 0 Å². The minimum Gasteiger partial charge on any atom is -0.507 e. The summed E-state index contributed by atoms with van der Waals surface area (Å²) in [6.45, 7) is 0.423. The van der Waals surface area contributed by atoms with Crippen molar-refractivity contribution in [3.63, 3.8) is 0 Å². The number of phenols is 1. The third-order valence-corrected chi connectivity index (χ3v) is 4.80. The SMILES string of the molecule is COc1cc(O)c2c(c1)OC(O)(c1ccc(OCc3ccccc3)cc1)CC2=O. The Labute approximate surface area is 167 Å². The Morgan fingerprint density at radius 1 is 1.03 bits per heavy atom. The van der Waals surface area contributed by atoms with Gasteiger partial charge in [-0.05, 0) is 29.8 Å². The largest absolute Gasteiger partial charge is 0.507 e. The lowest BCUT2D eigenvalue weighted by Gasteiger charge is -2.34. The molecular weight excluding hydrogens is 372 g/mol. The summed E-state index contributed by atoms with van der Waals surface area (Å²) in [5.74, 6) is -1.48. The molecule has 0 fully saturated rings. The zero-order chi connectivity index (χ0) is 20.4. The summed E-state index contributed by atoms with van der Waals surface area (Å²) in [7, 11) is 1.44. The van der Waals surface area contributed by atoms with Gasteiger partial charge in [0.15, 0.2) is 5.78 Å². The van der Waals surface area contributed by atoms with E-state index >= 15 is 0 Å². The average molecular weight is 392 g/mol. The highest BCUT2D eigenvalue weighted by atomic mass is 16.6. The topological polar surface area (TPSA) is 85.2 Å². The number of ether oxygens (including phenoxy) is 3. The van der Waals surface area contributed by atoms with Gasteiger partial charge in [0.05, 0.1) is 13.5 Å². The number of ketones is 1. The summed E-state index contributed by atoms with van der Waals surface area (Å²) in [6.07, 6.45) is -0.315. The summed E-state index contributed by atoms with van der Waals surface area (Å²) >= 11 is 0. The summed E-state index contributed by atoms with van der Waals surface area (Å²) in [6, 6.07) is 19.3. The quantitative estimate of drug-likeness (QED) is 0.687. The molecule has 1 aliphatic heterocycles. The van der Waals surface area contributed by atoms with Crippen LogP contribution in [0.2, 0.25) is 0 Å². The van der Waals surface area contributed by atoms with Crippen molar-refractivity contribution >= 4 is 5.78 Å². The predicted molar refractivity (Wildman–Crippen MR) is 105 cm³/mol. The molecule has 0 saturated carbocycles. The van der Waals surface area contributed by atoms with E-state index in [0.29, 0.717) is 23.7 Å². The number of Topliss-reactive ketones (excluding diaryl/α,β-unsaturated/α-hetero) is 1. The molecule has 1 heterocycles. The van der Waals surface area contributed by atoms with Crippen molar-refractivity contribution in [3.05, 3.63) is 83.4 Å². The maximum absolute atomic E-state index is 12.6. The van der Waals surface area contributed by atoms with Crippen LogP contribution in [-0.4, -0.2) is 23.1 Å². The zero-order valence-corrected chi connectivity index (χ0v) is 15.8. The molecule has 1 unspecified atom stereocenters. The third-order valence-electron chi connectivity index (χ3n) is 4.80. The second kappa shape index (κ2) is 7.48. The first-order valence-electron chi connectivity index (χ1n) is 9.11. The van der Waals surface area contributed by atoms with E-state index in [-0.39, 0.29) is 23.5 Å². The van der Waals surface area contributed by atoms with E-state index in [1.165, 1.54) is 19.2 Å². The molecule has 0 radical (unpaired) electrons.